The molecule has 0 spiro atoms. The first-order valence-corrected chi connectivity index (χ1v) is 6.40. The normalized spacial score (nSPS) is 13.4. The Labute approximate surface area is 102 Å². The summed E-state index contributed by atoms with van der Waals surface area (Å²) in [6.07, 6.45) is 0. The second kappa shape index (κ2) is 4.97. The number of aliphatic carboxylic acids is 1. The standard InChI is InChI=1S/C11H13ClO3S/c1-11(2,10(13)14)7-16(15)9-5-3-4-8(12)6-9/h3-6H,7H2,1-2H3,(H,13,14). The molecule has 0 aromatic heterocycles. The second-order valence-corrected chi connectivity index (χ2v) is 6.02. The molecule has 0 bridgehead atoms. The average Bonchev–Trinajstić information content (AvgIpc) is 2.16. The first kappa shape index (κ1) is 13.2. The Morgan fingerprint density at radius 1 is 1.50 bits per heavy atom. The van der Waals surface area contributed by atoms with Gasteiger partial charge in [-0.2, -0.15) is 0 Å². The molecule has 0 saturated heterocycles. The predicted octanol–water partition coefficient (Wildman–Crippen LogP) is 2.56. The van der Waals surface area contributed by atoms with Crippen LogP contribution in [0, 0.1) is 5.41 Å². The van der Waals surface area contributed by atoms with Crippen LogP contribution < -0.4 is 0 Å². The Morgan fingerprint density at radius 2 is 2.12 bits per heavy atom. The molecule has 0 amide bonds. The topological polar surface area (TPSA) is 54.4 Å². The number of carboxylic acids is 1. The van der Waals surface area contributed by atoms with Crippen molar-refractivity contribution in [1.29, 1.82) is 0 Å². The largest absolute Gasteiger partial charge is 0.481 e. The van der Waals surface area contributed by atoms with E-state index in [1.807, 2.05) is 0 Å². The summed E-state index contributed by atoms with van der Waals surface area (Å²) in [7, 11) is -1.35. The summed E-state index contributed by atoms with van der Waals surface area (Å²) in [5.41, 5.74) is -1.01. The van der Waals surface area contributed by atoms with Crippen molar-refractivity contribution in [2.45, 2.75) is 18.7 Å². The van der Waals surface area contributed by atoms with E-state index in [2.05, 4.69) is 0 Å². The van der Waals surface area contributed by atoms with Crippen LogP contribution in [0.5, 0.6) is 0 Å². The molecule has 0 aliphatic rings. The van der Waals surface area contributed by atoms with Gasteiger partial charge in [0.1, 0.15) is 0 Å². The summed E-state index contributed by atoms with van der Waals surface area (Å²) in [4.78, 5) is 11.5. The van der Waals surface area contributed by atoms with Gasteiger partial charge in [-0.05, 0) is 32.0 Å². The molecular formula is C11H13ClO3S. The Bertz CT molecular complexity index is 429. The minimum Gasteiger partial charge on any atom is -0.481 e. The number of halogens is 1. The lowest BCUT2D eigenvalue weighted by Gasteiger charge is -2.18. The van der Waals surface area contributed by atoms with Crippen LogP contribution in [0.15, 0.2) is 29.2 Å². The molecule has 0 radical (unpaired) electrons. The van der Waals surface area contributed by atoms with Gasteiger partial charge in [-0.1, -0.05) is 17.7 Å². The summed E-state index contributed by atoms with van der Waals surface area (Å²) >= 11 is 5.77. The zero-order chi connectivity index (χ0) is 12.3. The van der Waals surface area contributed by atoms with Crippen molar-refractivity contribution >= 4 is 28.4 Å². The van der Waals surface area contributed by atoms with E-state index >= 15 is 0 Å². The van der Waals surface area contributed by atoms with Gasteiger partial charge in [-0.25, -0.2) is 0 Å². The van der Waals surface area contributed by atoms with Crippen LogP contribution in [0.3, 0.4) is 0 Å². The maximum absolute atomic E-state index is 11.9. The van der Waals surface area contributed by atoms with Crippen molar-refractivity contribution in [2.24, 2.45) is 5.41 Å². The first-order chi connectivity index (χ1) is 7.33. The highest BCUT2D eigenvalue weighted by Gasteiger charge is 2.30. The number of hydrogen-bond donors (Lipinski definition) is 1. The first-order valence-electron chi connectivity index (χ1n) is 4.70. The molecule has 0 fully saturated rings. The van der Waals surface area contributed by atoms with E-state index in [1.165, 1.54) is 0 Å². The van der Waals surface area contributed by atoms with Gasteiger partial charge in [0.15, 0.2) is 0 Å². The van der Waals surface area contributed by atoms with Crippen LogP contribution in [0.25, 0.3) is 0 Å². The molecule has 1 atom stereocenters. The predicted molar refractivity (Wildman–Crippen MR) is 64.1 cm³/mol. The number of hydrogen-bond acceptors (Lipinski definition) is 2. The van der Waals surface area contributed by atoms with E-state index in [4.69, 9.17) is 16.7 Å². The van der Waals surface area contributed by atoms with Crippen LogP contribution in [0.1, 0.15) is 13.8 Å². The number of benzene rings is 1. The van der Waals surface area contributed by atoms with Gasteiger partial charge in [0, 0.05) is 15.7 Å². The minimum absolute atomic E-state index is 0.0721. The van der Waals surface area contributed by atoms with Crippen molar-refractivity contribution in [3.8, 4) is 0 Å². The van der Waals surface area contributed by atoms with Gasteiger partial charge in [-0.3, -0.25) is 9.00 Å². The monoisotopic (exact) mass is 260 g/mol. The lowest BCUT2D eigenvalue weighted by Crippen LogP contribution is -2.30. The minimum atomic E-state index is -1.35. The Hall–Kier alpha value is -0.870. The van der Waals surface area contributed by atoms with Crippen LogP contribution in [-0.2, 0) is 15.6 Å². The third-order valence-corrected chi connectivity index (χ3v) is 4.13. The van der Waals surface area contributed by atoms with E-state index in [0.29, 0.717) is 9.92 Å². The maximum atomic E-state index is 11.9. The molecule has 1 aromatic rings. The Morgan fingerprint density at radius 3 is 2.62 bits per heavy atom. The summed E-state index contributed by atoms with van der Waals surface area (Å²) in [6, 6.07) is 6.66. The van der Waals surface area contributed by atoms with Crippen molar-refractivity contribution in [3.63, 3.8) is 0 Å². The Kier molecular flexibility index (Phi) is 4.10. The van der Waals surface area contributed by atoms with Crippen molar-refractivity contribution in [2.75, 3.05) is 5.75 Å². The molecular weight excluding hydrogens is 248 g/mol. The second-order valence-electron chi connectivity index (χ2n) is 4.14. The highest BCUT2D eigenvalue weighted by atomic mass is 35.5. The third-order valence-electron chi connectivity index (χ3n) is 2.13. The van der Waals surface area contributed by atoms with Gasteiger partial charge in [0.2, 0.25) is 0 Å². The van der Waals surface area contributed by atoms with E-state index in [0.717, 1.165) is 0 Å². The Balaban J connectivity index is 2.85. The molecule has 0 heterocycles. The lowest BCUT2D eigenvalue weighted by molar-refractivity contribution is -0.145. The molecule has 0 saturated carbocycles. The molecule has 1 N–H and O–H groups in total. The fourth-order valence-corrected chi connectivity index (χ4v) is 2.77. The molecule has 16 heavy (non-hydrogen) atoms. The SMILES string of the molecule is CC(C)(CS(=O)c1cccc(Cl)c1)C(=O)O. The van der Waals surface area contributed by atoms with Crippen LogP contribution >= 0.6 is 11.6 Å². The number of carboxylic acid groups (broad SMARTS) is 1. The molecule has 5 heteroatoms. The molecule has 0 aliphatic carbocycles. The number of rotatable bonds is 4. The molecule has 1 unspecified atom stereocenters. The van der Waals surface area contributed by atoms with Crippen LogP contribution in [0.2, 0.25) is 5.02 Å². The lowest BCUT2D eigenvalue weighted by atomic mass is 9.97. The number of carbonyl (C=O) groups is 1. The van der Waals surface area contributed by atoms with E-state index < -0.39 is 22.2 Å². The van der Waals surface area contributed by atoms with Gasteiger partial charge in [-0.15, -0.1) is 0 Å². The van der Waals surface area contributed by atoms with E-state index in [1.54, 1.807) is 38.1 Å². The smallest absolute Gasteiger partial charge is 0.310 e. The molecule has 3 nitrogen and oxygen atoms in total. The summed E-state index contributed by atoms with van der Waals surface area (Å²) in [5.74, 6) is -0.884. The molecule has 0 aliphatic heterocycles. The molecule has 88 valence electrons. The van der Waals surface area contributed by atoms with Crippen molar-refractivity contribution in [1.82, 2.24) is 0 Å². The maximum Gasteiger partial charge on any atom is 0.310 e. The van der Waals surface area contributed by atoms with Gasteiger partial charge in [0.25, 0.3) is 0 Å². The highest BCUT2D eigenvalue weighted by Crippen LogP contribution is 2.22. The van der Waals surface area contributed by atoms with Crippen molar-refractivity contribution in [3.05, 3.63) is 29.3 Å². The fraction of sp³-hybridized carbons (Fsp3) is 0.364. The average molecular weight is 261 g/mol. The van der Waals surface area contributed by atoms with E-state index in [-0.39, 0.29) is 5.75 Å². The van der Waals surface area contributed by atoms with Crippen LogP contribution in [-0.4, -0.2) is 21.0 Å². The fourth-order valence-electron chi connectivity index (χ4n) is 1.08. The summed E-state index contributed by atoms with van der Waals surface area (Å²) in [5, 5.41) is 9.43. The molecule has 1 aromatic carbocycles. The van der Waals surface area contributed by atoms with Crippen molar-refractivity contribution < 1.29 is 14.1 Å². The molecule has 1 rings (SSSR count). The third kappa shape index (κ3) is 3.32. The van der Waals surface area contributed by atoms with Gasteiger partial charge < -0.3 is 5.11 Å². The highest BCUT2D eigenvalue weighted by molar-refractivity contribution is 7.85. The zero-order valence-electron chi connectivity index (χ0n) is 9.07. The summed E-state index contributed by atoms with van der Waals surface area (Å²) in [6.45, 7) is 3.11. The summed E-state index contributed by atoms with van der Waals surface area (Å²) < 4.78 is 11.9. The van der Waals surface area contributed by atoms with Gasteiger partial charge >= 0.3 is 5.97 Å². The van der Waals surface area contributed by atoms with E-state index in [9.17, 15) is 9.00 Å². The quantitative estimate of drug-likeness (QED) is 0.905. The van der Waals surface area contributed by atoms with Gasteiger partial charge in [0.05, 0.1) is 16.2 Å². The zero-order valence-corrected chi connectivity index (χ0v) is 10.6. The van der Waals surface area contributed by atoms with Crippen LogP contribution in [0.4, 0.5) is 0 Å².